The molecule has 0 aromatic carbocycles. The van der Waals surface area contributed by atoms with Crippen LogP contribution in [0.4, 0.5) is 0 Å². The highest BCUT2D eigenvalue weighted by molar-refractivity contribution is 4.97. The molecule has 2 aromatic heterocycles. The third-order valence-electron chi connectivity index (χ3n) is 3.62. The fourth-order valence-corrected chi connectivity index (χ4v) is 2.55. The molecule has 0 amide bonds. The number of fused-ring (bicyclic) bond motifs is 1. The van der Waals surface area contributed by atoms with Crippen LogP contribution >= 0.6 is 0 Å². The van der Waals surface area contributed by atoms with Crippen molar-refractivity contribution in [3.8, 4) is 0 Å². The number of hydrogen-bond donors (Lipinski definition) is 1. The number of furan rings is 1. The largest absolute Gasteiger partial charge is 0.467 e. The Bertz CT molecular complexity index is 567. The summed E-state index contributed by atoms with van der Waals surface area (Å²) in [5, 5.41) is 18.3. The van der Waals surface area contributed by atoms with Crippen molar-refractivity contribution in [2.75, 3.05) is 19.7 Å². The molecule has 3 rings (SSSR count). The lowest BCUT2D eigenvalue weighted by Crippen LogP contribution is -2.40. The van der Waals surface area contributed by atoms with E-state index < -0.39 is 6.10 Å². The third-order valence-corrected chi connectivity index (χ3v) is 3.62. The number of aryl methyl sites for hydroxylation is 1. The molecular weight excluding hydrogens is 272 g/mol. The topological polar surface area (TPSA) is 76.6 Å². The van der Waals surface area contributed by atoms with Gasteiger partial charge in [-0.3, -0.25) is 4.90 Å². The minimum Gasteiger partial charge on any atom is -0.467 e. The van der Waals surface area contributed by atoms with Gasteiger partial charge in [0, 0.05) is 19.6 Å². The molecule has 1 aliphatic rings. The summed E-state index contributed by atoms with van der Waals surface area (Å²) in [4.78, 5) is 2.17. The summed E-state index contributed by atoms with van der Waals surface area (Å²) in [7, 11) is 0. The number of rotatable bonds is 6. The molecule has 0 saturated heterocycles. The molecule has 0 saturated carbocycles. The quantitative estimate of drug-likeness (QED) is 0.839. The second-order valence-corrected chi connectivity index (χ2v) is 5.30. The Morgan fingerprint density at radius 3 is 3.14 bits per heavy atom. The van der Waals surface area contributed by atoms with Crippen LogP contribution in [0.5, 0.6) is 0 Å². The van der Waals surface area contributed by atoms with Gasteiger partial charge in [-0.1, -0.05) is 0 Å². The van der Waals surface area contributed by atoms with E-state index in [0.29, 0.717) is 19.8 Å². The fraction of sp³-hybridized carbons (Fsp3) is 0.571. The fourth-order valence-electron chi connectivity index (χ4n) is 2.55. The van der Waals surface area contributed by atoms with E-state index in [1.807, 2.05) is 19.1 Å². The molecule has 7 heteroatoms. The number of nitrogens with zero attached hydrogens (tertiary/aromatic N) is 4. The van der Waals surface area contributed by atoms with Gasteiger partial charge in [0.25, 0.3) is 0 Å². The van der Waals surface area contributed by atoms with Crippen LogP contribution in [-0.2, 0) is 24.4 Å². The third kappa shape index (κ3) is 3.49. The molecule has 0 spiro atoms. The van der Waals surface area contributed by atoms with Gasteiger partial charge in [-0.25, -0.2) is 0 Å². The van der Waals surface area contributed by atoms with E-state index in [0.717, 1.165) is 37.0 Å². The Labute approximate surface area is 123 Å². The molecular formula is C14H20N4O3. The van der Waals surface area contributed by atoms with Gasteiger partial charge in [-0.05, 0) is 19.1 Å². The molecule has 0 bridgehead atoms. The van der Waals surface area contributed by atoms with Gasteiger partial charge in [0.2, 0.25) is 0 Å². The minimum absolute atomic E-state index is 0.295. The summed E-state index contributed by atoms with van der Waals surface area (Å²) in [6.07, 6.45) is 1.09. The summed E-state index contributed by atoms with van der Waals surface area (Å²) in [6.45, 7) is 5.69. The Hall–Kier alpha value is -1.70. The van der Waals surface area contributed by atoms with E-state index in [-0.39, 0.29) is 0 Å². The normalized spacial score (nSPS) is 16.9. The first-order chi connectivity index (χ1) is 10.2. The standard InChI is InChI=1S/C14H20N4O3/c1-11-15-16-14-8-17(4-5-18(11)14)7-12(19)9-20-10-13-3-2-6-21-13/h2-3,6,12,19H,4-5,7-10H2,1H3. The van der Waals surface area contributed by atoms with E-state index in [4.69, 9.17) is 9.15 Å². The maximum Gasteiger partial charge on any atom is 0.147 e. The van der Waals surface area contributed by atoms with E-state index in [1.165, 1.54) is 0 Å². The van der Waals surface area contributed by atoms with Crippen molar-refractivity contribution in [2.24, 2.45) is 0 Å². The van der Waals surface area contributed by atoms with Crippen molar-refractivity contribution in [1.82, 2.24) is 19.7 Å². The number of aliphatic hydroxyl groups is 1. The summed E-state index contributed by atoms with van der Waals surface area (Å²) >= 11 is 0. The Balaban J connectivity index is 1.42. The van der Waals surface area contributed by atoms with Crippen molar-refractivity contribution < 1.29 is 14.3 Å². The smallest absolute Gasteiger partial charge is 0.147 e. The number of ether oxygens (including phenoxy) is 1. The molecule has 1 unspecified atom stereocenters. The van der Waals surface area contributed by atoms with Crippen LogP contribution in [0.2, 0.25) is 0 Å². The maximum atomic E-state index is 10.0. The molecule has 1 aliphatic heterocycles. The van der Waals surface area contributed by atoms with Crippen LogP contribution in [0.25, 0.3) is 0 Å². The van der Waals surface area contributed by atoms with Gasteiger partial charge in [0.05, 0.1) is 25.5 Å². The summed E-state index contributed by atoms with van der Waals surface area (Å²) in [5.41, 5.74) is 0. The monoisotopic (exact) mass is 292 g/mol. The predicted octanol–water partition coefficient (Wildman–Crippen LogP) is 0.573. The first-order valence-corrected chi connectivity index (χ1v) is 7.11. The molecule has 1 atom stereocenters. The number of hydrogen-bond acceptors (Lipinski definition) is 6. The summed E-state index contributed by atoms with van der Waals surface area (Å²) in [6, 6.07) is 3.67. The molecule has 21 heavy (non-hydrogen) atoms. The lowest BCUT2D eigenvalue weighted by molar-refractivity contribution is 0.000935. The Morgan fingerprint density at radius 2 is 2.33 bits per heavy atom. The van der Waals surface area contributed by atoms with Crippen LogP contribution in [0.3, 0.4) is 0 Å². The zero-order chi connectivity index (χ0) is 14.7. The van der Waals surface area contributed by atoms with Gasteiger partial charge >= 0.3 is 0 Å². The Kier molecular flexibility index (Phi) is 4.33. The van der Waals surface area contributed by atoms with Gasteiger partial charge in [0.15, 0.2) is 0 Å². The van der Waals surface area contributed by atoms with Gasteiger partial charge in [-0.15, -0.1) is 10.2 Å². The SMILES string of the molecule is Cc1nnc2n1CCN(CC(O)COCc1ccco1)C2. The molecule has 3 heterocycles. The zero-order valence-corrected chi connectivity index (χ0v) is 12.1. The zero-order valence-electron chi connectivity index (χ0n) is 12.1. The van der Waals surface area contributed by atoms with Gasteiger partial charge in [-0.2, -0.15) is 0 Å². The second kappa shape index (κ2) is 6.38. The van der Waals surface area contributed by atoms with Crippen LogP contribution in [0, 0.1) is 6.92 Å². The molecule has 1 N–H and O–H groups in total. The van der Waals surface area contributed by atoms with Crippen molar-refractivity contribution >= 4 is 0 Å². The second-order valence-electron chi connectivity index (χ2n) is 5.30. The highest BCUT2D eigenvalue weighted by atomic mass is 16.5. The maximum absolute atomic E-state index is 10.0. The molecule has 114 valence electrons. The highest BCUT2D eigenvalue weighted by Gasteiger charge is 2.21. The molecule has 2 aromatic rings. The first-order valence-electron chi connectivity index (χ1n) is 7.11. The average Bonchev–Trinajstić information content (AvgIpc) is 3.09. The highest BCUT2D eigenvalue weighted by Crippen LogP contribution is 2.12. The molecule has 0 radical (unpaired) electrons. The lowest BCUT2D eigenvalue weighted by atomic mass is 10.3. The summed E-state index contributed by atoms with van der Waals surface area (Å²) in [5.74, 6) is 2.68. The van der Waals surface area contributed by atoms with Gasteiger partial charge in [0.1, 0.15) is 24.0 Å². The molecule has 0 aliphatic carbocycles. The van der Waals surface area contributed by atoms with E-state index >= 15 is 0 Å². The van der Waals surface area contributed by atoms with Crippen LogP contribution in [0.15, 0.2) is 22.8 Å². The van der Waals surface area contributed by atoms with E-state index in [9.17, 15) is 5.11 Å². The van der Waals surface area contributed by atoms with Crippen molar-refractivity contribution in [3.63, 3.8) is 0 Å². The number of aliphatic hydroxyl groups excluding tert-OH is 1. The first kappa shape index (κ1) is 14.2. The molecule has 0 fully saturated rings. The molecule has 7 nitrogen and oxygen atoms in total. The average molecular weight is 292 g/mol. The van der Waals surface area contributed by atoms with Crippen molar-refractivity contribution in [1.29, 1.82) is 0 Å². The predicted molar refractivity (Wildman–Crippen MR) is 74.4 cm³/mol. The van der Waals surface area contributed by atoms with Crippen LogP contribution in [0.1, 0.15) is 17.4 Å². The van der Waals surface area contributed by atoms with Crippen LogP contribution in [-0.4, -0.2) is 50.6 Å². The summed E-state index contributed by atoms with van der Waals surface area (Å²) < 4.78 is 12.7. The number of β-amino-alcohol motifs (C(OH)–C–C–N with tert-alkyl or cyclic N) is 1. The van der Waals surface area contributed by atoms with E-state index in [1.54, 1.807) is 6.26 Å². The van der Waals surface area contributed by atoms with Crippen molar-refractivity contribution in [3.05, 3.63) is 35.8 Å². The lowest BCUT2D eigenvalue weighted by Gasteiger charge is -2.29. The van der Waals surface area contributed by atoms with Crippen LogP contribution < -0.4 is 0 Å². The van der Waals surface area contributed by atoms with Gasteiger partial charge < -0.3 is 18.8 Å². The number of aromatic nitrogens is 3. The van der Waals surface area contributed by atoms with Crippen molar-refractivity contribution in [2.45, 2.75) is 32.7 Å². The Morgan fingerprint density at radius 1 is 1.43 bits per heavy atom. The van der Waals surface area contributed by atoms with E-state index in [2.05, 4.69) is 19.7 Å². The minimum atomic E-state index is -0.518.